The van der Waals surface area contributed by atoms with E-state index in [0.717, 1.165) is 38.4 Å². The molecule has 2 heterocycles. The summed E-state index contributed by atoms with van der Waals surface area (Å²) in [4.78, 5) is 10.5. The van der Waals surface area contributed by atoms with E-state index in [1.807, 2.05) is 6.20 Å². The van der Waals surface area contributed by atoms with Crippen LogP contribution in [0.1, 0.15) is 42.1 Å². The molecular weight excluding hydrogens is 451 g/mol. The molecule has 0 aromatic carbocycles. The number of thiophene rings is 1. The number of guanidine groups is 1. The van der Waals surface area contributed by atoms with Crippen LogP contribution in [0.2, 0.25) is 0 Å². The van der Waals surface area contributed by atoms with Gasteiger partial charge in [0.05, 0.1) is 5.01 Å². The Morgan fingerprint density at radius 3 is 2.79 bits per heavy atom. The summed E-state index contributed by atoms with van der Waals surface area (Å²) >= 11 is 3.55. The summed E-state index contributed by atoms with van der Waals surface area (Å²) in [5.41, 5.74) is 1.37. The summed E-state index contributed by atoms with van der Waals surface area (Å²) < 4.78 is 0. The van der Waals surface area contributed by atoms with Gasteiger partial charge in [0.15, 0.2) is 5.96 Å². The highest BCUT2D eigenvalue weighted by Crippen LogP contribution is 2.18. The third-order valence-corrected chi connectivity index (χ3v) is 5.46. The second-order valence-electron chi connectivity index (χ2n) is 5.43. The van der Waals surface area contributed by atoms with Crippen molar-refractivity contribution in [2.75, 3.05) is 19.6 Å². The number of thiazole rings is 1. The maximum Gasteiger partial charge on any atom is 0.191 e. The van der Waals surface area contributed by atoms with E-state index in [-0.39, 0.29) is 24.0 Å². The van der Waals surface area contributed by atoms with E-state index in [2.05, 4.69) is 53.2 Å². The van der Waals surface area contributed by atoms with Crippen molar-refractivity contribution in [1.82, 2.24) is 15.6 Å². The maximum absolute atomic E-state index is 4.70. The van der Waals surface area contributed by atoms with Crippen LogP contribution in [0.5, 0.6) is 0 Å². The van der Waals surface area contributed by atoms with Gasteiger partial charge in [-0.3, -0.25) is 4.99 Å². The predicted molar refractivity (Wildman–Crippen MR) is 117 cm³/mol. The van der Waals surface area contributed by atoms with Crippen LogP contribution in [0.3, 0.4) is 0 Å². The van der Waals surface area contributed by atoms with Crippen LogP contribution in [0.15, 0.2) is 28.0 Å². The van der Waals surface area contributed by atoms with Crippen LogP contribution >= 0.6 is 46.7 Å². The zero-order valence-corrected chi connectivity index (χ0v) is 18.5. The van der Waals surface area contributed by atoms with Gasteiger partial charge >= 0.3 is 0 Å². The number of aryl methyl sites for hydroxylation is 1. The molecule has 0 amide bonds. The van der Waals surface area contributed by atoms with Gasteiger partial charge in [-0.1, -0.05) is 13.8 Å². The fraction of sp³-hybridized carbons (Fsp3) is 0.529. The third kappa shape index (κ3) is 7.06. The first-order valence-electron chi connectivity index (χ1n) is 8.20. The van der Waals surface area contributed by atoms with Gasteiger partial charge in [0, 0.05) is 43.0 Å². The van der Waals surface area contributed by atoms with E-state index >= 15 is 0 Å². The summed E-state index contributed by atoms with van der Waals surface area (Å²) in [5, 5.41) is 12.2. The monoisotopic (exact) mass is 478 g/mol. The lowest BCUT2D eigenvalue weighted by Crippen LogP contribution is -2.38. The van der Waals surface area contributed by atoms with Crippen molar-refractivity contribution in [2.24, 2.45) is 4.99 Å². The van der Waals surface area contributed by atoms with Crippen LogP contribution in [-0.2, 0) is 12.8 Å². The van der Waals surface area contributed by atoms with Gasteiger partial charge in [0.1, 0.15) is 0 Å². The molecule has 0 spiro atoms. The van der Waals surface area contributed by atoms with Crippen LogP contribution in [0.4, 0.5) is 0 Å². The van der Waals surface area contributed by atoms with Crippen molar-refractivity contribution in [2.45, 2.75) is 39.5 Å². The Kier molecular flexibility index (Phi) is 10.5. The second-order valence-corrected chi connectivity index (χ2v) is 7.41. The molecule has 0 saturated carbocycles. The summed E-state index contributed by atoms with van der Waals surface area (Å²) in [6.07, 6.45) is 3.99. The van der Waals surface area contributed by atoms with Crippen LogP contribution < -0.4 is 10.6 Å². The Balaban J connectivity index is 0.00000288. The number of aliphatic imine (C=N–C) groups is 1. The lowest BCUT2D eigenvalue weighted by Gasteiger charge is -2.12. The average molecular weight is 478 g/mol. The van der Waals surface area contributed by atoms with E-state index in [9.17, 15) is 0 Å². The molecule has 2 rings (SSSR count). The molecule has 2 N–H and O–H groups in total. The number of hydrogen-bond donors (Lipinski definition) is 2. The summed E-state index contributed by atoms with van der Waals surface area (Å²) in [7, 11) is 0. The molecule has 0 radical (unpaired) electrons. The lowest BCUT2D eigenvalue weighted by atomic mass is 10.1. The van der Waals surface area contributed by atoms with Crippen molar-refractivity contribution in [3.8, 4) is 0 Å². The third-order valence-electron chi connectivity index (χ3n) is 3.56. The minimum Gasteiger partial charge on any atom is -0.357 e. The zero-order valence-electron chi connectivity index (χ0n) is 14.5. The summed E-state index contributed by atoms with van der Waals surface area (Å²) in [6, 6.07) is 2.18. The maximum atomic E-state index is 4.70. The Bertz CT molecular complexity index is 596. The van der Waals surface area contributed by atoms with Gasteiger partial charge in [0.25, 0.3) is 0 Å². The SMILES string of the molecule is CCNC(=NCC(C)c1ccsc1)NCCc1ncc(CC)s1.I. The van der Waals surface area contributed by atoms with E-state index in [1.165, 1.54) is 15.4 Å². The molecule has 7 heteroatoms. The van der Waals surface area contributed by atoms with Crippen LogP contribution in [-0.4, -0.2) is 30.6 Å². The molecule has 1 unspecified atom stereocenters. The molecule has 1 atom stereocenters. The van der Waals surface area contributed by atoms with Crippen molar-refractivity contribution < 1.29 is 0 Å². The molecular formula is C17H27IN4S2. The first-order valence-corrected chi connectivity index (χ1v) is 9.96. The Morgan fingerprint density at radius 2 is 2.17 bits per heavy atom. The molecule has 0 fully saturated rings. The quantitative estimate of drug-likeness (QED) is 0.338. The van der Waals surface area contributed by atoms with E-state index in [4.69, 9.17) is 4.99 Å². The van der Waals surface area contributed by atoms with Crippen molar-refractivity contribution >= 4 is 52.6 Å². The smallest absolute Gasteiger partial charge is 0.191 e. The molecule has 0 aliphatic rings. The fourth-order valence-corrected chi connectivity index (χ4v) is 3.79. The summed E-state index contributed by atoms with van der Waals surface area (Å²) in [5.74, 6) is 1.34. The topological polar surface area (TPSA) is 49.3 Å². The molecule has 0 aliphatic heterocycles. The normalized spacial score (nSPS) is 12.5. The van der Waals surface area contributed by atoms with E-state index < -0.39 is 0 Å². The minimum absolute atomic E-state index is 0. The molecule has 24 heavy (non-hydrogen) atoms. The summed E-state index contributed by atoms with van der Waals surface area (Å²) in [6.45, 7) is 9.00. The van der Waals surface area contributed by atoms with Crippen molar-refractivity contribution in [1.29, 1.82) is 0 Å². The van der Waals surface area contributed by atoms with Gasteiger partial charge in [-0.2, -0.15) is 11.3 Å². The lowest BCUT2D eigenvalue weighted by molar-refractivity contribution is 0.747. The van der Waals surface area contributed by atoms with Gasteiger partial charge in [-0.25, -0.2) is 4.98 Å². The highest BCUT2D eigenvalue weighted by molar-refractivity contribution is 14.0. The highest BCUT2D eigenvalue weighted by atomic mass is 127. The Hall–Kier alpha value is -0.670. The zero-order chi connectivity index (χ0) is 16.5. The predicted octanol–water partition coefficient (Wildman–Crippen LogP) is 4.29. The number of aromatic nitrogens is 1. The molecule has 0 aliphatic carbocycles. The molecule has 0 saturated heterocycles. The standard InChI is InChI=1S/C17H26N4S2.HI/c1-4-15-11-20-16(23-15)6-8-19-17(18-5-2)21-10-13(3)14-7-9-22-12-14;/h7,9,11-13H,4-6,8,10H2,1-3H3,(H2,18,19,21);1H. The number of nitrogens with zero attached hydrogens (tertiary/aromatic N) is 2. The van der Waals surface area contributed by atoms with Crippen molar-refractivity contribution in [3.05, 3.63) is 38.5 Å². The molecule has 2 aromatic heterocycles. The number of nitrogens with one attached hydrogen (secondary N) is 2. The largest absolute Gasteiger partial charge is 0.357 e. The molecule has 2 aromatic rings. The van der Waals surface area contributed by atoms with Gasteiger partial charge in [0.2, 0.25) is 0 Å². The average Bonchev–Trinajstić information content (AvgIpc) is 3.23. The fourth-order valence-electron chi connectivity index (χ4n) is 2.15. The molecule has 134 valence electrons. The second kappa shape index (κ2) is 11.8. The van der Waals surface area contributed by atoms with Crippen LogP contribution in [0, 0.1) is 0 Å². The Morgan fingerprint density at radius 1 is 1.33 bits per heavy atom. The first kappa shape index (κ1) is 21.4. The Labute approximate surface area is 170 Å². The molecule has 4 nitrogen and oxygen atoms in total. The minimum atomic E-state index is 0. The van der Waals surface area contributed by atoms with Crippen LogP contribution in [0.25, 0.3) is 0 Å². The van der Waals surface area contributed by atoms with E-state index in [0.29, 0.717) is 5.92 Å². The van der Waals surface area contributed by atoms with Gasteiger partial charge in [-0.15, -0.1) is 35.3 Å². The van der Waals surface area contributed by atoms with Crippen molar-refractivity contribution in [3.63, 3.8) is 0 Å². The highest BCUT2D eigenvalue weighted by Gasteiger charge is 2.06. The van der Waals surface area contributed by atoms with Gasteiger partial charge < -0.3 is 10.6 Å². The van der Waals surface area contributed by atoms with E-state index in [1.54, 1.807) is 22.7 Å². The number of rotatable bonds is 8. The van der Waals surface area contributed by atoms with Gasteiger partial charge in [-0.05, 0) is 35.7 Å². The number of hydrogen-bond acceptors (Lipinski definition) is 4. The molecule has 0 bridgehead atoms. The number of halogens is 1. The first-order chi connectivity index (χ1) is 11.2.